The average Bonchev–Trinajstić information content (AvgIpc) is 3.04. The molecule has 0 heterocycles. The van der Waals surface area contributed by atoms with Crippen molar-refractivity contribution in [2.75, 3.05) is 10.6 Å². The van der Waals surface area contributed by atoms with Crippen LogP contribution < -0.4 is 10.6 Å². The molecule has 0 saturated heterocycles. The maximum absolute atomic E-state index is 12.6. The first-order valence-corrected chi connectivity index (χ1v) is 9.86. The molecule has 134 valence electrons. The number of nitrogens with one attached hydrogen (secondary N) is 2. The summed E-state index contributed by atoms with van der Waals surface area (Å²) in [5.41, 5.74) is 1.31. The highest BCUT2D eigenvalue weighted by Crippen LogP contribution is 2.69. The van der Waals surface area contributed by atoms with Crippen LogP contribution in [0.4, 0.5) is 11.4 Å². The molecule has 0 aliphatic heterocycles. The zero-order valence-electron chi connectivity index (χ0n) is 14.6. The van der Waals surface area contributed by atoms with Crippen LogP contribution in [0.15, 0.2) is 18.2 Å². The summed E-state index contributed by atoms with van der Waals surface area (Å²) in [7, 11) is 0. The Morgan fingerprint density at radius 3 is 2.52 bits per heavy atom. The highest BCUT2D eigenvalue weighted by Gasteiger charge is 2.67. The van der Waals surface area contributed by atoms with Gasteiger partial charge in [0.15, 0.2) is 0 Å². The number of rotatable bonds is 6. The minimum Gasteiger partial charge on any atom is -0.326 e. The fourth-order valence-corrected chi connectivity index (χ4v) is 5.37. The lowest BCUT2D eigenvalue weighted by molar-refractivity contribution is -0.118. The van der Waals surface area contributed by atoms with Crippen LogP contribution in [0.3, 0.4) is 0 Å². The molecule has 5 heteroatoms. The summed E-state index contributed by atoms with van der Waals surface area (Å²) in [6.07, 6.45) is 6.32. The number of halogens is 1. The molecule has 1 unspecified atom stereocenters. The van der Waals surface area contributed by atoms with Crippen molar-refractivity contribution in [2.24, 2.45) is 29.6 Å². The normalized spacial score (nSPS) is 31.5. The van der Waals surface area contributed by atoms with Crippen LogP contribution in [-0.4, -0.2) is 11.8 Å². The number of hydrogen-bond acceptors (Lipinski definition) is 2. The van der Waals surface area contributed by atoms with Gasteiger partial charge in [-0.3, -0.25) is 9.59 Å². The maximum atomic E-state index is 12.6. The quantitative estimate of drug-likeness (QED) is 0.772. The summed E-state index contributed by atoms with van der Waals surface area (Å²) >= 11 is 6.27. The molecule has 0 aromatic heterocycles. The van der Waals surface area contributed by atoms with E-state index in [4.69, 9.17) is 11.6 Å². The standard InChI is InChI=1S/C20H25ClN2O2/c1-2-3-4-16(24)23-15-8-7-13(10-14(15)21)22-20(25)19-17-11-5-6-12(9-11)18(17)19/h7-8,10-12,17-19H,2-6,9H2,1H3,(H,22,25)(H,23,24)/t11-,12+,17+,18-,19?. The van der Waals surface area contributed by atoms with Crippen molar-refractivity contribution in [2.45, 2.75) is 45.4 Å². The van der Waals surface area contributed by atoms with Crippen molar-refractivity contribution in [3.8, 4) is 0 Å². The van der Waals surface area contributed by atoms with Gasteiger partial charge in [0, 0.05) is 18.0 Å². The Kier molecular flexibility index (Phi) is 4.48. The van der Waals surface area contributed by atoms with E-state index in [0.717, 1.165) is 24.7 Å². The number of benzene rings is 1. The topological polar surface area (TPSA) is 58.2 Å². The molecular formula is C20H25ClN2O2. The van der Waals surface area contributed by atoms with Gasteiger partial charge in [-0.25, -0.2) is 0 Å². The molecule has 2 amide bonds. The SMILES string of the molecule is CCCCC(=O)Nc1ccc(NC(=O)C2[C@@H]3[C@H]4CC[C@H](C4)[C@H]23)cc1Cl. The minimum absolute atomic E-state index is 0.0261. The fourth-order valence-electron chi connectivity index (χ4n) is 5.15. The molecule has 1 aromatic rings. The number of anilines is 2. The van der Waals surface area contributed by atoms with Crippen LogP contribution in [0.1, 0.15) is 45.4 Å². The highest BCUT2D eigenvalue weighted by molar-refractivity contribution is 6.34. The third-order valence-electron chi connectivity index (χ3n) is 6.31. The van der Waals surface area contributed by atoms with Gasteiger partial charge >= 0.3 is 0 Å². The van der Waals surface area contributed by atoms with Gasteiger partial charge in [-0.2, -0.15) is 0 Å². The van der Waals surface area contributed by atoms with Gasteiger partial charge in [0.25, 0.3) is 0 Å². The van der Waals surface area contributed by atoms with Gasteiger partial charge in [0.1, 0.15) is 0 Å². The van der Waals surface area contributed by atoms with Gasteiger partial charge in [0.05, 0.1) is 10.7 Å². The fraction of sp³-hybridized carbons (Fsp3) is 0.600. The Balaban J connectivity index is 1.35. The van der Waals surface area contributed by atoms with E-state index in [1.807, 2.05) is 6.07 Å². The lowest BCUT2D eigenvalue weighted by atomic mass is 10.0. The molecule has 25 heavy (non-hydrogen) atoms. The molecule has 1 aromatic carbocycles. The number of amides is 2. The monoisotopic (exact) mass is 360 g/mol. The van der Waals surface area contributed by atoms with E-state index < -0.39 is 0 Å². The van der Waals surface area contributed by atoms with Gasteiger partial charge in [-0.05, 0) is 67.6 Å². The van der Waals surface area contributed by atoms with Crippen LogP contribution in [0.5, 0.6) is 0 Å². The minimum atomic E-state index is -0.0261. The van der Waals surface area contributed by atoms with Crippen molar-refractivity contribution in [3.63, 3.8) is 0 Å². The van der Waals surface area contributed by atoms with E-state index in [0.29, 0.717) is 34.7 Å². The zero-order valence-corrected chi connectivity index (χ0v) is 15.3. The molecule has 5 atom stereocenters. The molecule has 3 aliphatic rings. The second-order valence-electron chi connectivity index (χ2n) is 7.85. The summed E-state index contributed by atoms with van der Waals surface area (Å²) in [6, 6.07) is 5.30. The van der Waals surface area contributed by atoms with E-state index in [1.54, 1.807) is 12.1 Å². The summed E-state index contributed by atoms with van der Waals surface area (Å²) in [6.45, 7) is 2.05. The predicted molar refractivity (Wildman–Crippen MR) is 99.5 cm³/mol. The molecule has 3 aliphatic carbocycles. The molecule has 3 saturated carbocycles. The Morgan fingerprint density at radius 1 is 1.16 bits per heavy atom. The molecular weight excluding hydrogens is 336 g/mol. The van der Waals surface area contributed by atoms with Gasteiger partial charge in [0.2, 0.25) is 11.8 Å². The van der Waals surface area contributed by atoms with Crippen molar-refractivity contribution in [1.29, 1.82) is 0 Å². The van der Waals surface area contributed by atoms with Crippen LogP contribution in [-0.2, 0) is 9.59 Å². The van der Waals surface area contributed by atoms with E-state index in [9.17, 15) is 9.59 Å². The van der Waals surface area contributed by atoms with Crippen molar-refractivity contribution in [3.05, 3.63) is 23.2 Å². The molecule has 2 bridgehead atoms. The van der Waals surface area contributed by atoms with Crippen LogP contribution >= 0.6 is 11.6 Å². The first-order valence-electron chi connectivity index (χ1n) is 9.48. The molecule has 4 nitrogen and oxygen atoms in total. The highest BCUT2D eigenvalue weighted by atomic mass is 35.5. The first-order chi connectivity index (χ1) is 12.1. The van der Waals surface area contributed by atoms with Crippen molar-refractivity contribution < 1.29 is 9.59 Å². The summed E-state index contributed by atoms with van der Waals surface area (Å²) < 4.78 is 0. The van der Waals surface area contributed by atoms with Gasteiger partial charge in [-0.15, -0.1) is 0 Å². The van der Waals surface area contributed by atoms with E-state index in [1.165, 1.54) is 19.3 Å². The number of unbranched alkanes of at least 4 members (excludes halogenated alkanes) is 1. The zero-order chi connectivity index (χ0) is 17.6. The predicted octanol–water partition coefficient (Wildman–Crippen LogP) is 4.70. The van der Waals surface area contributed by atoms with Gasteiger partial charge < -0.3 is 10.6 Å². The number of hydrogen-bond donors (Lipinski definition) is 2. The molecule has 3 fully saturated rings. The van der Waals surface area contributed by atoms with Gasteiger partial charge in [-0.1, -0.05) is 24.9 Å². The lowest BCUT2D eigenvalue weighted by Crippen LogP contribution is -2.18. The third-order valence-corrected chi connectivity index (χ3v) is 6.62. The Morgan fingerprint density at radius 2 is 1.88 bits per heavy atom. The van der Waals surface area contributed by atoms with E-state index in [2.05, 4.69) is 17.6 Å². The summed E-state index contributed by atoms with van der Waals surface area (Å²) in [4.78, 5) is 24.4. The third kappa shape index (κ3) is 3.17. The van der Waals surface area contributed by atoms with E-state index >= 15 is 0 Å². The second kappa shape index (κ2) is 6.64. The number of carbonyl (C=O) groups excluding carboxylic acids is 2. The molecule has 0 radical (unpaired) electrons. The second-order valence-corrected chi connectivity index (χ2v) is 8.26. The molecule has 4 rings (SSSR count). The van der Waals surface area contributed by atoms with Crippen LogP contribution in [0, 0.1) is 29.6 Å². The Hall–Kier alpha value is -1.55. The number of carbonyl (C=O) groups is 2. The maximum Gasteiger partial charge on any atom is 0.228 e. The van der Waals surface area contributed by atoms with E-state index in [-0.39, 0.29) is 17.7 Å². The summed E-state index contributed by atoms with van der Waals surface area (Å²) in [5, 5.41) is 6.31. The van der Waals surface area contributed by atoms with Crippen molar-refractivity contribution in [1.82, 2.24) is 0 Å². The van der Waals surface area contributed by atoms with Crippen LogP contribution in [0.2, 0.25) is 5.02 Å². The number of fused-ring (bicyclic) bond motifs is 5. The molecule has 2 N–H and O–H groups in total. The van der Waals surface area contributed by atoms with Crippen LogP contribution in [0.25, 0.3) is 0 Å². The first kappa shape index (κ1) is 16.9. The molecule has 0 spiro atoms. The smallest absolute Gasteiger partial charge is 0.228 e. The largest absolute Gasteiger partial charge is 0.326 e. The Labute approximate surface area is 153 Å². The summed E-state index contributed by atoms with van der Waals surface area (Å²) in [5.74, 6) is 3.16. The lowest BCUT2D eigenvalue weighted by Gasteiger charge is -2.12. The van der Waals surface area contributed by atoms with Crippen molar-refractivity contribution >= 4 is 34.8 Å². The average molecular weight is 361 g/mol. The Bertz CT molecular complexity index is 689.